The predicted octanol–water partition coefficient (Wildman–Crippen LogP) is 11.0. The minimum absolute atomic E-state index is 0.0207. The average Bonchev–Trinajstić information content (AvgIpc) is 3.60. The average molecular weight is 829 g/mol. The van der Waals surface area contributed by atoms with E-state index in [0.29, 0.717) is 12.8 Å². The normalized spacial score (nSPS) is 24.6. The van der Waals surface area contributed by atoms with Gasteiger partial charge in [-0.05, 0) is 86.9 Å². The first-order valence-electron chi connectivity index (χ1n) is 18.0. The van der Waals surface area contributed by atoms with Crippen LogP contribution in [0.2, 0.25) is 36.3 Å². The van der Waals surface area contributed by atoms with E-state index in [1.165, 1.54) is 6.08 Å². The summed E-state index contributed by atoms with van der Waals surface area (Å²) in [6, 6.07) is 0. The van der Waals surface area contributed by atoms with Crippen LogP contribution < -0.4 is 0 Å². The van der Waals surface area contributed by atoms with Gasteiger partial charge in [0, 0.05) is 23.7 Å². The van der Waals surface area contributed by atoms with Crippen LogP contribution in [0.1, 0.15) is 119 Å². The molecule has 0 amide bonds. The van der Waals surface area contributed by atoms with Crippen LogP contribution in [0.5, 0.6) is 0 Å². The highest BCUT2D eigenvalue weighted by Crippen LogP contribution is 2.54. The molecule has 8 nitrogen and oxygen atoms in total. The fourth-order valence-corrected chi connectivity index (χ4v) is 10.9. The molecular formula is C34H58F6O8S2Si2. The van der Waals surface area contributed by atoms with Gasteiger partial charge in [-0.25, -0.2) is 0 Å². The lowest BCUT2D eigenvalue weighted by Crippen LogP contribution is -2.49. The largest absolute Gasteiger partial charge is 0.534 e. The van der Waals surface area contributed by atoms with Crippen molar-refractivity contribution in [3.05, 3.63) is 23.7 Å². The Morgan fingerprint density at radius 2 is 1.06 bits per heavy atom. The van der Waals surface area contributed by atoms with Gasteiger partial charge in [0.25, 0.3) is 0 Å². The third-order valence-electron chi connectivity index (χ3n) is 12.1. The molecule has 0 aromatic carbocycles. The maximum Gasteiger partial charge on any atom is 0.534 e. The minimum Gasteiger partial charge on any atom is -0.413 e. The number of halogens is 6. The zero-order valence-corrected chi connectivity index (χ0v) is 35.8. The molecule has 2 spiro atoms. The Kier molecular flexibility index (Phi) is 13.2. The van der Waals surface area contributed by atoms with Crippen molar-refractivity contribution in [2.75, 3.05) is 0 Å². The van der Waals surface area contributed by atoms with E-state index >= 15 is 0 Å². The van der Waals surface area contributed by atoms with E-state index in [1.54, 1.807) is 6.08 Å². The Balaban J connectivity index is 0.000000280. The number of hydrogen-bond acceptors (Lipinski definition) is 8. The number of alkyl halides is 6. The highest BCUT2D eigenvalue weighted by atomic mass is 32.2. The van der Waals surface area contributed by atoms with Crippen molar-refractivity contribution in [1.82, 2.24) is 0 Å². The van der Waals surface area contributed by atoms with Gasteiger partial charge in [0.15, 0.2) is 16.6 Å². The van der Waals surface area contributed by atoms with Crippen LogP contribution in [-0.2, 0) is 37.5 Å². The Morgan fingerprint density at radius 3 is 1.48 bits per heavy atom. The van der Waals surface area contributed by atoms with Crippen molar-refractivity contribution in [2.24, 2.45) is 10.8 Å². The second-order valence-electron chi connectivity index (χ2n) is 17.9. The molecule has 2 atom stereocenters. The van der Waals surface area contributed by atoms with Gasteiger partial charge in [0.05, 0.1) is 12.2 Å². The number of hydrogen-bond donors (Lipinski definition) is 0. The molecule has 0 N–H and O–H groups in total. The number of allylic oxidation sites excluding steroid dienone is 2. The fourth-order valence-electron chi connectivity index (χ4n) is 7.07. The van der Waals surface area contributed by atoms with Gasteiger partial charge < -0.3 is 17.2 Å². The van der Waals surface area contributed by atoms with Crippen LogP contribution in [0.15, 0.2) is 23.7 Å². The second-order valence-corrected chi connectivity index (χ2v) is 30.5. The Bertz CT molecular complexity index is 1520. The summed E-state index contributed by atoms with van der Waals surface area (Å²) in [5.41, 5.74) is -11.6. The summed E-state index contributed by atoms with van der Waals surface area (Å²) in [5.74, 6) is -0.196. The summed E-state index contributed by atoms with van der Waals surface area (Å²) < 4.78 is 143. The molecule has 2 unspecified atom stereocenters. The van der Waals surface area contributed by atoms with Crippen LogP contribution in [0.3, 0.4) is 0 Å². The van der Waals surface area contributed by atoms with Crippen LogP contribution in [-0.4, -0.2) is 56.7 Å². The molecule has 304 valence electrons. The van der Waals surface area contributed by atoms with Crippen LogP contribution >= 0.6 is 0 Å². The van der Waals surface area contributed by atoms with Crippen molar-refractivity contribution in [1.29, 1.82) is 0 Å². The maximum absolute atomic E-state index is 12.6. The van der Waals surface area contributed by atoms with Crippen LogP contribution in [0, 0.1) is 10.8 Å². The maximum atomic E-state index is 12.6. The fraction of sp³-hybridized carbons (Fsp3) is 0.882. The van der Waals surface area contributed by atoms with Gasteiger partial charge in [0.1, 0.15) is 11.5 Å². The molecule has 2 saturated carbocycles. The molecule has 0 radical (unpaired) electrons. The summed E-state index contributed by atoms with van der Waals surface area (Å²) >= 11 is 0. The smallest absolute Gasteiger partial charge is 0.413 e. The van der Waals surface area contributed by atoms with Crippen molar-refractivity contribution in [3.63, 3.8) is 0 Å². The summed E-state index contributed by atoms with van der Waals surface area (Å²) in [4.78, 5) is 0. The van der Waals surface area contributed by atoms with E-state index in [9.17, 15) is 43.2 Å². The van der Waals surface area contributed by atoms with E-state index in [1.807, 2.05) is 0 Å². The van der Waals surface area contributed by atoms with E-state index < -0.39 is 53.3 Å². The summed E-state index contributed by atoms with van der Waals surface area (Å²) in [6.45, 7) is 21.5. The third-order valence-corrected chi connectivity index (χ3v) is 23.1. The SMILES string of the molecule is CC(C)(C)[Si](C)(C)OC1CC=C(OS(=O)(=O)C(F)(F)F)CC12CCCC2.CC(C)(C)[Si](C)(C)OC1CCC(OS(=O)(=O)C(F)(F)F)=CC12CCCC2. The molecule has 4 rings (SSSR count). The zero-order chi connectivity index (χ0) is 40.0. The summed E-state index contributed by atoms with van der Waals surface area (Å²) in [5, 5.41) is 0.0415. The first-order chi connectivity index (χ1) is 23.2. The molecule has 0 saturated heterocycles. The van der Waals surface area contributed by atoms with Gasteiger partial charge in [-0.15, -0.1) is 0 Å². The molecule has 0 aromatic heterocycles. The van der Waals surface area contributed by atoms with Crippen molar-refractivity contribution in [3.8, 4) is 0 Å². The Hall–Kier alpha value is -1.09. The van der Waals surface area contributed by atoms with E-state index in [2.05, 4.69) is 76.1 Å². The lowest BCUT2D eigenvalue weighted by molar-refractivity contribution is -0.0537. The molecule has 0 bridgehead atoms. The minimum atomic E-state index is -5.62. The lowest BCUT2D eigenvalue weighted by Gasteiger charge is -2.47. The van der Waals surface area contributed by atoms with Crippen molar-refractivity contribution >= 4 is 36.9 Å². The molecule has 2 fully saturated rings. The van der Waals surface area contributed by atoms with Gasteiger partial charge in [0.2, 0.25) is 0 Å². The van der Waals surface area contributed by atoms with Crippen LogP contribution in [0.4, 0.5) is 26.3 Å². The highest BCUT2D eigenvalue weighted by Gasteiger charge is 2.54. The lowest BCUT2D eigenvalue weighted by atomic mass is 9.73. The molecule has 0 aromatic rings. The molecule has 4 aliphatic rings. The summed E-state index contributed by atoms with van der Waals surface area (Å²) in [7, 11) is -15.3. The first kappa shape index (κ1) is 45.3. The van der Waals surface area contributed by atoms with Crippen LogP contribution in [0.25, 0.3) is 0 Å². The Labute approximate surface area is 309 Å². The van der Waals surface area contributed by atoms with Crippen molar-refractivity contribution < 1.29 is 60.4 Å². The molecule has 0 heterocycles. The first-order valence-corrected chi connectivity index (χ1v) is 26.6. The standard InChI is InChI=1S/2C17H29F3O4SSi/c2*1-15(2,3)26(4,5)24-14-9-8-13(12-16(14)10-6-7-11-16)23-25(21,22)17(18,19)20/h12,14H,6-11H2,1-5H3;8,14H,6-7,9-12H2,1-5H3. The van der Waals surface area contributed by atoms with E-state index in [0.717, 1.165) is 51.4 Å². The third kappa shape index (κ3) is 10.2. The van der Waals surface area contributed by atoms with Gasteiger partial charge in [-0.3, -0.25) is 0 Å². The predicted molar refractivity (Wildman–Crippen MR) is 193 cm³/mol. The molecular weight excluding hydrogens is 771 g/mol. The monoisotopic (exact) mass is 828 g/mol. The van der Waals surface area contributed by atoms with E-state index in [4.69, 9.17) is 8.85 Å². The second kappa shape index (κ2) is 15.1. The van der Waals surface area contributed by atoms with E-state index in [-0.39, 0.29) is 52.1 Å². The topological polar surface area (TPSA) is 105 Å². The quantitative estimate of drug-likeness (QED) is 0.103. The molecule has 0 aliphatic heterocycles. The Morgan fingerprint density at radius 1 is 0.654 bits per heavy atom. The van der Waals surface area contributed by atoms with Gasteiger partial charge in [-0.1, -0.05) is 67.2 Å². The number of rotatable bonds is 8. The zero-order valence-electron chi connectivity index (χ0n) is 32.1. The molecule has 4 aliphatic carbocycles. The van der Waals surface area contributed by atoms with Gasteiger partial charge in [-0.2, -0.15) is 43.2 Å². The van der Waals surface area contributed by atoms with Gasteiger partial charge >= 0.3 is 31.3 Å². The van der Waals surface area contributed by atoms with Crippen molar-refractivity contribution in [2.45, 2.75) is 178 Å². The molecule has 18 heteroatoms. The molecule has 52 heavy (non-hydrogen) atoms. The summed E-state index contributed by atoms with van der Waals surface area (Å²) in [6.07, 6.45) is 11.1. The highest BCUT2D eigenvalue weighted by molar-refractivity contribution is 7.88.